The van der Waals surface area contributed by atoms with Gasteiger partial charge in [-0.15, -0.1) is 5.10 Å². The zero-order valence-electron chi connectivity index (χ0n) is 21.6. The van der Waals surface area contributed by atoms with Crippen LogP contribution in [0.5, 0.6) is 0 Å². The second kappa shape index (κ2) is 10.8. The number of rotatable bonds is 8. The minimum absolute atomic E-state index is 0.0372. The largest absolute Gasteiger partial charge is 0.474 e. The van der Waals surface area contributed by atoms with Crippen molar-refractivity contribution in [1.82, 2.24) is 20.1 Å². The SMILES string of the molecule is C=C(OC(C)(C)C)N1CCCC1CCc1ccc(-c2c(Cl)cc(Nc3n[nH]c(N)n3)cc2C(F)(F)F)cc1. The highest BCUT2D eigenvalue weighted by Gasteiger charge is 2.35. The van der Waals surface area contributed by atoms with Gasteiger partial charge in [-0.25, -0.2) is 5.10 Å². The van der Waals surface area contributed by atoms with Crippen LogP contribution in [0.15, 0.2) is 48.9 Å². The van der Waals surface area contributed by atoms with E-state index in [-0.39, 0.29) is 33.8 Å². The highest BCUT2D eigenvalue weighted by molar-refractivity contribution is 6.34. The van der Waals surface area contributed by atoms with Crippen molar-refractivity contribution in [2.75, 3.05) is 17.6 Å². The number of benzene rings is 2. The van der Waals surface area contributed by atoms with Crippen molar-refractivity contribution in [2.24, 2.45) is 0 Å². The van der Waals surface area contributed by atoms with Crippen molar-refractivity contribution in [3.05, 3.63) is 65.0 Å². The van der Waals surface area contributed by atoms with Crippen molar-refractivity contribution in [2.45, 2.75) is 64.3 Å². The van der Waals surface area contributed by atoms with Gasteiger partial charge in [0, 0.05) is 23.8 Å². The average molecular weight is 549 g/mol. The quantitative estimate of drug-likeness (QED) is 0.259. The Bertz CT molecular complexity index is 1280. The molecule has 7 nitrogen and oxygen atoms in total. The Labute approximate surface area is 225 Å². The van der Waals surface area contributed by atoms with E-state index in [1.54, 1.807) is 12.1 Å². The first-order valence-corrected chi connectivity index (χ1v) is 12.8. The van der Waals surface area contributed by atoms with Crippen LogP contribution in [0.3, 0.4) is 0 Å². The molecule has 0 bridgehead atoms. The van der Waals surface area contributed by atoms with E-state index >= 15 is 0 Å². The molecule has 0 saturated carbocycles. The number of nitrogens with two attached hydrogens (primary N) is 1. The molecule has 1 aromatic heterocycles. The lowest BCUT2D eigenvalue weighted by molar-refractivity contribution is -0.137. The van der Waals surface area contributed by atoms with Gasteiger partial charge in [0.05, 0.1) is 10.6 Å². The molecule has 38 heavy (non-hydrogen) atoms. The minimum Gasteiger partial charge on any atom is -0.474 e. The molecular weight excluding hydrogens is 517 g/mol. The predicted octanol–water partition coefficient (Wildman–Crippen LogP) is 7.15. The van der Waals surface area contributed by atoms with Crippen LogP contribution in [0.2, 0.25) is 5.02 Å². The number of nitrogen functional groups attached to an aromatic ring is 1. The van der Waals surface area contributed by atoms with E-state index in [1.165, 1.54) is 6.07 Å². The van der Waals surface area contributed by atoms with Crippen molar-refractivity contribution in [1.29, 1.82) is 0 Å². The summed E-state index contributed by atoms with van der Waals surface area (Å²) in [5.74, 6) is 0.766. The maximum absolute atomic E-state index is 14.0. The molecule has 2 aromatic carbocycles. The molecule has 3 aromatic rings. The Kier molecular flexibility index (Phi) is 7.83. The first kappa shape index (κ1) is 27.6. The maximum atomic E-state index is 14.0. The molecule has 0 spiro atoms. The fourth-order valence-corrected chi connectivity index (χ4v) is 5.03. The molecular formula is C27H32ClF3N6O. The highest BCUT2D eigenvalue weighted by atomic mass is 35.5. The summed E-state index contributed by atoms with van der Waals surface area (Å²) in [4.78, 5) is 6.07. The molecule has 1 atom stereocenters. The number of hydrogen-bond acceptors (Lipinski definition) is 6. The molecule has 4 N–H and O–H groups in total. The van der Waals surface area contributed by atoms with Crippen molar-refractivity contribution in [3.8, 4) is 11.1 Å². The van der Waals surface area contributed by atoms with E-state index in [4.69, 9.17) is 22.1 Å². The summed E-state index contributed by atoms with van der Waals surface area (Å²) in [5.41, 5.74) is 5.75. The molecule has 1 aliphatic rings. The normalized spacial score (nSPS) is 16.1. The fourth-order valence-electron chi connectivity index (χ4n) is 4.70. The second-order valence-electron chi connectivity index (χ2n) is 10.4. The number of anilines is 3. The van der Waals surface area contributed by atoms with Gasteiger partial charge in [-0.05, 0) is 76.3 Å². The number of aryl methyl sites for hydroxylation is 1. The van der Waals surface area contributed by atoms with Gasteiger partial charge in [-0.1, -0.05) is 35.9 Å². The Hall–Kier alpha value is -3.40. The van der Waals surface area contributed by atoms with E-state index in [0.29, 0.717) is 17.5 Å². The summed E-state index contributed by atoms with van der Waals surface area (Å²) in [7, 11) is 0. The molecule has 4 rings (SSSR count). The smallest absolute Gasteiger partial charge is 0.417 e. The Morgan fingerprint density at radius 2 is 1.95 bits per heavy atom. The number of likely N-dealkylation sites (tertiary alicyclic amines) is 1. The van der Waals surface area contributed by atoms with Gasteiger partial charge in [0.1, 0.15) is 5.60 Å². The third kappa shape index (κ3) is 6.72. The number of nitrogens with one attached hydrogen (secondary N) is 2. The number of nitrogens with zero attached hydrogens (tertiary/aromatic N) is 3. The molecule has 1 aliphatic heterocycles. The van der Waals surface area contributed by atoms with Crippen LogP contribution in [-0.2, 0) is 17.3 Å². The van der Waals surface area contributed by atoms with Crippen molar-refractivity contribution >= 4 is 29.2 Å². The lowest BCUT2D eigenvalue weighted by atomic mass is 9.96. The van der Waals surface area contributed by atoms with Crippen LogP contribution in [0.25, 0.3) is 11.1 Å². The lowest BCUT2D eigenvalue weighted by Gasteiger charge is -2.32. The summed E-state index contributed by atoms with van der Waals surface area (Å²) < 4.78 is 48.1. The monoisotopic (exact) mass is 548 g/mol. The van der Waals surface area contributed by atoms with Gasteiger partial charge >= 0.3 is 6.18 Å². The third-order valence-electron chi connectivity index (χ3n) is 6.28. The highest BCUT2D eigenvalue weighted by Crippen LogP contribution is 2.43. The van der Waals surface area contributed by atoms with Gasteiger partial charge in [-0.3, -0.25) is 0 Å². The molecule has 1 saturated heterocycles. The number of aromatic nitrogens is 3. The van der Waals surface area contributed by atoms with Crippen LogP contribution in [0.1, 0.15) is 51.2 Å². The van der Waals surface area contributed by atoms with Crippen LogP contribution in [-0.4, -0.2) is 38.3 Å². The van der Waals surface area contributed by atoms with E-state index < -0.39 is 11.7 Å². The summed E-state index contributed by atoms with van der Waals surface area (Å²) in [6.07, 6.45) is -0.824. The maximum Gasteiger partial charge on any atom is 0.417 e. The zero-order chi connectivity index (χ0) is 27.7. The standard InChI is InChI=1S/C27H32ClF3N6O/c1-16(38-26(2,3)4)37-13-5-6-20(37)12-9-17-7-10-18(11-8-17)23-21(27(29,30)31)14-19(15-22(23)28)33-25-34-24(32)35-36-25/h7-8,10-11,14-15,20H,1,5-6,9,12-13H2,2-4H3,(H4,32,33,34,35,36). The first-order chi connectivity index (χ1) is 17.8. The number of halogens is 4. The summed E-state index contributed by atoms with van der Waals surface area (Å²) in [6.45, 7) is 11.0. The number of ether oxygens (including phenoxy) is 1. The number of hydrogen-bond donors (Lipinski definition) is 3. The molecule has 1 unspecified atom stereocenters. The van der Waals surface area contributed by atoms with Gasteiger partial charge in [0.2, 0.25) is 11.9 Å². The number of aromatic amines is 1. The fraction of sp³-hybridized carbons (Fsp3) is 0.407. The molecule has 204 valence electrons. The molecule has 2 heterocycles. The molecule has 1 fully saturated rings. The molecule has 0 radical (unpaired) electrons. The Balaban J connectivity index is 1.50. The third-order valence-corrected chi connectivity index (χ3v) is 6.58. The molecule has 0 amide bonds. The average Bonchev–Trinajstić information content (AvgIpc) is 3.45. The van der Waals surface area contributed by atoms with Crippen molar-refractivity contribution in [3.63, 3.8) is 0 Å². The van der Waals surface area contributed by atoms with Gasteiger partial charge < -0.3 is 20.7 Å². The van der Waals surface area contributed by atoms with E-state index in [9.17, 15) is 13.2 Å². The Morgan fingerprint density at radius 3 is 2.55 bits per heavy atom. The molecule has 11 heteroatoms. The van der Waals surface area contributed by atoms with E-state index in [1.807, 2.05) is 32.9 Å². The predicted molar refractivity (Wildman–Crippen MR) is 144 cm³/mol. The van der Waals surface area contributed by atoms with Crippen LogP contribution in [0, 0.1) is 0 Å². The number of H-pyrrole nitrogens is 1. The zero-order valence-corrected chi connectivity index (χ0v) is 22.4. The first-order valence-electron chi connectivity index (χ1n) is 12.4. The summed E-state index contributed by atoms with van der Waals surface area (Å²) >= 11 is 6.39. The Morgan fingerprint density at radius 1 is 1.24 bits per heavy atom. The van der Waals surface area contributed by atoms with E-state index in [2.05, 4.69) is 32.0 Å². The van der Waals surface area contributed by atoms with Crippen LogP contribution < -0.4 is 11.1 Å². The van der Waals surface area contributed by atoms with Crippen LogP contribution in [0.4, 0.5) is 30.8 Å². The lowest BCUT2D eigenvalue weighted by Crippen LogP contribution is -2.33. The topological polar surface area (TPSA) is 92.1 Å². The van der Waals surface area contributed by atoms with Gasteiger partial charge in [0.15, 0.2) is 5.88 Å². The van der Waals surface area contributed by atoms with Crippen molar-refractivity contribution < 1.29 is 17.9 Å². The minimum atomic E-state index is -4.63. The van der Waals surface area contributed by atoms with Crippen LogP contribution >= 0.6 is 11.6 Å². The molecule has 0 aliphatic carbocycles. The summed E-state index contributed by atoms with van der Waals surface area (Å²) in [5, 5.41) is 8.86. The summed E-state index contributed by atoms with van der Waals surface area (Å²) in [6, 6.07) is 9.79. The van der Waals surface area contributed by atoms with Gasteiger partial charge in [-0.2, -0.15) is 18.2 Å². The van der Waals surface area contributed by atoms with Gasteiger partial charge in [0.25, 0.3) is 0 Å². The van der Waals surface area contributed by atoms with E-state index in [0.717, 1.165) is 43.9 Å². The second-order valence-corrected chi connectivity index (χ2v) is 10.8. The number of alkyl halides is 3.